The lowest BCUT2D eigenvalue weighted by molar-refractivity contribution is -0.130. The summed E-state index contributed by atoms with van der Waals surface area (Å²) in [7, 11) is 5.43. The van der Waals surface area contributed by atoms with Crippen molar-refractivity contribution in [1.82, 2.24) is 9.80 Å². The highest BCUT2D eigenvalue weighted by Gasteiger charge is 2.10. The van der Waals surface area contributed by atoms with Crippen molar-refractivity contribution in [3.05, 3.63) is 34.3 Å². The van der Waals surface area contributed by atoms with E-state index >= 15 is 0 Å². The van der Waals surface area contributed by atoms with Crippen LogP contribution in [0.25, 0.3) is 0 Å². The van der Waals surface area contributed by atoms with Gasteiger partial charge in [-0.2, -0.15) is 0 Å². The number of nitrogens with two attached hydrogens (primary N) is 1. The van der Waals surface area contributed by atoms with E-state index in [1.54, 1.807) is 16.8 Å². The Morgan fingerprint density at radius 3 is 2.55 bits per heavy atom. The Morgan fingerprint density at radius 1 is 1.30 bits per heavy atom. The summed E-state index contributed by atoms with van der Waals surface area (Å²) >= 11 is 3.48. The highest BCUT2D eigenvalue weighted by atomic mass is 79.9. The van der Waals surface area contributed by atoms with Crippen molar-refractivity contribution in [3.63, 3.8) is 0 Å². The number of nitrogens with zero attached hydrogens (tertiary/aromatic N) is 3. The molecule has 0 aliphatic rings. The van der Waals surface area contributed by atoms with Gasteiger partial charge in [0.15, 0.2) is 5.96 Å². The van der Waals surface area contributed by atoms with Crippen molar-refractivity contribution in [2.75, 3.05) is 27.7 Å². The van der Waals surface area contributed by atoms with E-state index in [9.17, 15) is 4.79 Å². The molecule has 0 bridgehead atoms. The Hall–Kier alpha value is -1.56. The van der Waals surface area contributed by atoms with Crippen LogP contribution >= 0.6 is 15.9 Å². The maximum atomic E-state index is 12.0. The molecule has 0 saturated heterocycles. The van der Waals surface area contributed by atoms with E-state index in [0.717, 1.165) is 10.0 Å². The lowest BCUT2D eigenvalue weighted by Crippen LogP contribution is -2.31. The standard InChI is InChI=1S/C14H21BrN4O/c1-18(2)14(16)17-9-8-13(20)19(3)10-11-6-4-5-7-12(11)15/h4-7H,8-10H2,1-3H3,(H2,16,17). The van der Waals surface area contributed by atoms with Gasteiger partial charge in [0, 0.05) is 38.6 Å². The van der Waals surface area contributed by atoms with Crippen LogP contribution in [-0.2, 0) is 11.3 Å². The summed E-state index contributed by atoms with van der Waals surface area (Å²) in [5.74, 6) is 0.488. The van der Waals surface area contributed by atoms with Crippen LogP contribution in [0.15, 0.2) is 33.7 Å². The molecule has 5 nitrogen and oxygen atoms in total. The lowest BCUT2D eigenvalue weighted by Gasteiger charge is -2.18. The number of carbonyl (C=O) groups is 1. The van der Waals surface area contributed by atoms with Crippen molar-refractivity contribution < 1.29 is 4.79 Å². The van der Waals surface area contributed by atoms with E-state index in [0.29, 0.717) is 25.5 Å². The van der Waals surface area contributed by atoms with Crippen LogP contribution in [0, 0.1) is 0 Å². The molecule has 0 aliphatic carbocycles. The predicted octanol–water partition coefficient (Wildman–Crippen LogP) is 1.67. The van der Waals surface area contributed by atoms with Gasteiger partial charge in [-0.25, -0.2) is 0 Å². The second-order valence-electron chi connectivity index (χ2n) is 4.73. The molecule has 2 N–H and O–H groups in total. The third-order valence-electron chi connectivity index (χ3n) is 2.85. The summed E-state index contributed by atoms with van der Waals surface area (Å²) in [6.07, 6.45) is 0.357. The van der Waals surface area contributed by atoms with Crippen molar-refractivity contribution in [1.29, 1.82) is 0 Å². The number of guanidine groups is 1. The van der Waals surface area contributed by atoms with Gasteiger partial charge in [0.1, 0.15) is 0 Å². The van der Waals surface area contributed by atoms with Gasteiger partial charge in [-0.05, 0) is 11.6 Å². The van der Waals surface area contributed by atoms with E-state index in [-0.39, 0.29) is 5.91 Å². The van der Waals surface area contributed by atoms with Gasteiger partial charge >= 0.3 is 0 Å². The zero-order valence-electron chi connectivity index (χ0n) is 12.1. The van der Waals surface area contributed by atoms with Gasteiger partial charge in [0.2, 0.25) is 5.91 Å². The molecule has 0 radical (unpaired) electrons. The average molecular weight is 341 g/mol. The predicted molar refractivity (Wildman–Crippen MR) is 85.4 cm³/mol. The number of halogens is 1. The van der Waals surface area contributed by atoms with Crippen molar-refractivity contribution >= 4 is 27.8 Å². The summed E-state index contributed by atoms with van der Waals surface area (Å²) in [5, 5.41) is 0. The quantitative estimate of drug-likeness (QED) is 0.655. The highest BCUT2D eigenvalue weighted by molar-refractivity contribution is 9.10. The zero-order chi connectivity index (χ0) is 15.1. The summed E-state index contributed by atoms with van der Waals surface area (Å²) in [6, 6.07) is 7.88. The molecule has 110 valence electrons. The van der Waals surface area contributed by atoms with Crippen LogP contribution in [0.2, 0.25) is 0 Å². The number of hydrogen-bond donors (Lipinski definition) is 1. The fraction of sp³-hybridized carbons (Fsp3) is 0.429. The monoisotopic (exact) mass is 340 g/mol. The maximum absolute atomic E-state index is 12.0. The summed E-state index contributed by atoms with van der Waals surface area (Å²) in [6.45, 7) is 0.982. The first kappa shape index (κ1) is 16.5. The van der Waals surface area contributed by atoms with E-state index in [4.69, 9.17) is 5.73 Å². The van der Waals surface area contributed by atoms with Gasteiger partial charge in [-0.1, -0.05) is 34.1 Å². The largest absolute Gasteiger partial charge is 0.370 e. The molecule has 0 saturated carbocycles. The molecule has 0 unspecified atom stereocenters. The molecule has 0 aliphatic heterocycles. The van der Waals surface area contributed by atoms with Crippen LogP contribution in [0.5, 0.6) is 0 Å². The number of aliphatic imine (C=N–C) groups is 1. The second-order valence-corrected chi connectivity index (χ2v) is 5.58. The van der Waals surface area contributed by atoms with Crippen LogP contribution in [0.3, 0.4) is 0 Å². The molecule has 6 heteroatoms. The number of rotatable bonds is 5. The molecule has 0 heterocycles. The van der Waals surface area contributed by atoms with Crippen LogP contribution in [-0.4, -0.2) is 49.4 Å². The number of benzene rings is 1. The molecule has 0 fully saturated rings. The molecule has 1 rings (SSSR count). The van der Waals surface area contributed by atoms with Crippen molar-refractivity contribution in [2.45, 2.75) is 13.0 Å². The van der Waals surface area contributed by atoms with Crippen molar-refractivity contribution in [2.24, 2.45) is 10.7 Å². The SMILES string of the molecule is CN(C)C(N)=NCCC(=O)N(C)Cc1ccccc1Br. The number of amides is 1. The molecule has 1 aromatic carbocycles. The van der Waals surface area contributed by atoms with Crippen LogP contribution in [0.1, 0.15) is 12.0 Å². The van der Waals surface area contributed by atoms with E-state index in [1.807, 2.05) is 38.4 Å². The Kier molecular flexibility index (Phi) is 6.51. The molecule has 0 atom stereocenters. The molecule has 0 spiro atoms. The van der Waals surface area contributed by atoms with E-state index in [1.165, 1.54) is 0 Å². The summed E-state index contributed by atoms with van der Waals surface area (Å²) in [4.78, 5) is 19.5. The molecule has 0 aromatic heterocycles. The molecule has 1 amide bonds. The van der Waals surface area contributed by atoms with Crippen LogP contribution in [0.4, 0.5) is 0 Å². The molecule has 1 aromatic rings. The second kappa shape index (κ2) is 7.89. The van der Waals surface area contributed by atoms with Gasteiger partial charge in [-0.3, -0.25) is 9.79 Å². The fourth-order valence-corrected chi connectivity index (χ4v) is 1.98. The Balaban J connectivity index is 2.48. The molecular weight excluding hydrogens is 320 g/mol. The van der Waals surface area contributed by atoms with E-state index < -0.39 is 0 Å². The first-order valence-corrected chi connectivity index (χ1v) is 7.15. The highest BCUT2D eigenvalue weighted by Crippen LogP contribution is 2.17. The minimum Gasteiger partial charge on any atom is -0.370 e. The lowest BCUT2D eigenvalue weighted by atomic mass is 10.2. The topological polar surface area (TPSA) is 61.9 Å². The number of hydrogen-bond acceptors (Lipinski definition) is 2. The van der Waals surface area contributed by atoms with Crippen molar-refractivity contribution in [3.8, 4) is 0 Å². The van der Waals surface area contributed by atoms with E-state index in [2.05, 4.69) is 20.9 Å². The molecular formula is C14H21BrN4O. The van der Waals surface area contributed by atoms with Gasteiger partial charge in [0.05, 0.1) is 6.54 Å². The minimum atomic E-state index is 0.0519. The third kappa shape index (κ3) is 5.21. The normalized spacial score (nSPS) is 11.3. The Labute approximate surface area is 128 Å². The Morgan fingerprint density at radius 2 is 1.95 bits per heavy atom. The van der Waals surface area contributed by atoms with Gasteiger partial charge in [0.25, 0.3) is 0 Å². The van der Waals surface area contributed by atoms with Crippen LogP contribution < -0.4 is 5.73 Å². The smallest absolute Gasteiger partial charge is 0.224 e. The average Bonchev–Trinajstić information content (AvgIpc) is 2.40. The van der Waals surface area contributed by atoms with Gasteiger partial charge < -0.3 is 15.5 Å². The maximum Gasteiger partial charge on any atom is 0.224 e. The zero-order valence-corrected chi connectivity index (χ0v) is 13.7. The number of carbonyl (C=O) groups excluding carboxylic acids is 1. The fourth-order valence-electron chi connectivity index (χ4n) is 1.57. The first-order valence-electron chi connectivity index (χ1n) is 6.36. The Bertz CT molecular complexity index is 488. The van der Waals surface area contributed by atoms with Gasteiger partial charge in [-0.15, -0.1) is 0 Å². The first-order chi connectivity index (χ1) is 9.41. The molecule has 20 heavy (non-hydrogen) atoms. The summed E-state index contributed by atoms with van der Waals surface area (Å²) in [5.41, 5.74) is 6.75. The summed E-state index contributed by atoms with van der Waals surface area (Å²) < 4.78 is 1.01. The third-order valence-corrected chi connectivity index (χ3v) is 3.62. The minimum absolute atomic E-state index is 0.0519.